The number of hydrogen-bond donors (Lipinski definition) is 2. The van der Waals surface area contributed by atoms with Crippen molar-refractivity contribution in [2.45, 2.75) is 39.2 Å². The number of nitrogens with zero attached hydrogens (tertiary/aromatic N) is 7. The molecule has 176 valence electrons. The fourth-order valence-corrected chi connectivity index (χ4v) is 4.15. The molecule has 1 saturated heterocycles. The molecule has 34 heavy (non-hydrogen) atoms. The number of carbonyl (C=O) groups excluding carboxylic acids is 1. The molecule has 0 saturated carbocycles. The molecule has 0 atom stereocenters. The third-order valence-electron chi connectivity index (χ3n) is 5.97. The van der Waals surface area contributed by atoms with E-state index in [4.69, 9.17) is 9.97 Å². The molecule has 4 aromatic rings. The topological polar surface area (TPSA) is 106 Å². The van der Waals surface area contributed by atoms with Crippen molar-refractivity contribution in [1.29, 1.82) is 0 Å². The highest BCUT2D eigenvalue weighted by Crippen LogP contribution is 2.25. The van der Waals surface area contributed by atoms with Crippen LogP contribution in [0.25, 0.3) is 16.9 Å². The molecule has 1 amide bonds. The van der Waals surface area contributed by atoms with Gasteiger partial charge in [0.05, 0.1) is 12.7 Å². The first-order valence-corrected chi connectivity index (χ1v) is 11.7. The molecule has 4 heterocycles. The Kier molecular flexibility index (Phi) is 6.11. The third-order valence-corrected chi connectivity index (χ3v) is 5.97. The van der Waals surface area contributed by atoms with Crippen molar-refractivity contribution in [3.05, 3.63) is 49.3 Å². The van der Waals surface area contributed by atoms with Gasteiger partial charge in [0.1, 0.15) is 0 Å². The zero-order valence-corrected chi connectivity index (χ0v) is 19.5. The Morgan fingerprint density at radius 3 is 2.68 bits per heavy atom. The first-order valence-electron chi connectivity index (χ1n) is 11.7. The first kappa shape index (κ1) is 21.9. The number of benzene rings is 1. The summed E-state index contributed by atoms with van der Waals surface area (Å²) in [6, 6.07) is 8.22. The minimum Gasteiger partial charge on any atom is -0.368 e. The van der Waals surface area contributed by atoms with E-state index < -0.39 is 0 Å². The SMILES string of the molecule is CC(C)n1cnc2c(NCCCN3CCCC3=O)nc(Nc3ccc(-n4ccnc4)cc3)nc21. The second-order valence-electron chi connectivity index (χ2n) is 8.72. The summed E-state index contributed by atoms with van der Waals surface area (Å²) in [6.45, 7) is 6.53. The van der Waals surface area contributed by atoms with E-state index in [9.17, 15) is 4.79 Å². The van der Waals surface area contributed by atoms with Crippen molar-refractivity contribution >= 4 is 34.5 Å². The van der Waals surface area contributed by atoms with Gasteiger partial charge in [-0.15, -0.1) is 0 Å². The maximum Gasteiger partial charge on any atom is 0.231 e. The molecule has 10 nitrogen and oxygen atoms in total. The lowest BCUT2D eigenvalue weighted by Gasteiger charge is -2.16. The Morgan fingerprint density at radius 1 is 1.12 bits per heavy atom. The van der Waals surface area contributed by atoms with Crippen molar-refractivity contribution in [2.75, 3.05) is 30.3 Å². The summed E-state index contributed by atoms with van der Waals surface area (Å²) in [5.74, 6) is 1.45. The van der Waals surface area contributed by atoms with Gasteiger partial charge in [0.25, 0.3) is 0 Å². The molecule has 5 rings (SSSR count). The van der Waals surface area contributed by atoms with E-state index in [2.05, 4.69) is 34.4 Å². The summed E-state index contributed by atoms with van der Waals surface area (Å²) in [5.41, 5.74) is 3.43. The maximum atomic E-state index is 11.8. The second-order valence-corrected chi connectivity index (χ2v) is 8.72. The Morgan fingerprint density at radius 2 is 1.97 bits per heavy atom. The lowest BCUT2D eigenvalue weighted by atomic mass is 10.3. The van der Waals surface area contributed by atoms with Gasteiger partial charge in [-0.1, -0.05) is 0 Å². The minimum absolute atomic E-state index is 0.219. The fourth-order valence-electron chi connectivity index (χ4n) is 4.15. The number of fused-ring (bicyclic) bond motifs is 1. The molecule has 0 spiro atoms. The molecule has 10 heteroatoms. The van der Waals surface area contributed by atoms with E-state index in [0.717, 1.165) is 48.5 Å². The number of likely N-dealkylation sites (tertiary alicyclic amines) is 1. The highest BCUT2D eigenvalue weighted by atomic mass is 16.2. The Hall–Kier alpha value is -3.95. The van der Waals surface area contributed by atoms with Crippen LogP contribution in [-0.4, -0.2) is 59.5 Å². The van der Waals surface area contributed by atoms with E-state index in [1.54, 1.807) is 12.5 Å². The zero-order valence-electron chi connectivity index (χ0n) is 19.5. The van der Waals surface area contributed by atoms with Crippen LogP contribution < -0.4 is 10.6 Å². The van der Waals surface area contributed by atoms with Gasteiger partial charge in [-0.3, -0.25) is 4.79 Å². The van der Waals surface area contributed by atoms with Crippen molar-refractivity contribution in [3.8, 4) is 5.69 Å². The van der Waals surface area contributed by atoms with Gasteiger partial charge in [-0.25, -0.2) is 9.97 Å². The normalized spacial score (nSPS) is 13.9. The van der Waals surface area contributed by atoms with Crippen LogP contribution >= 0.6 is 0 Å². The Balaban J connectivity index is 1.34. The number of aromatic nitrogens is 6. The molecule has 1 aromatic carbocycles. The standard InChI is InChI=1S/C24H29N9O/c1-17(2)33-16-27-21-22(26-10-4-13-31-12-3-5-20(31)34)29-24(30-23(21)33)28-18-6-8-19(9-7-18)32-14-11-25-15-32/h6-9,11,14-17H,3-5,10,12-13H2,1-2H3,(H2,26,28,29,30). The van der Waals surface area contributed by atoms with Crippen LogP contribution in [-0.2, 0) is 4.79 Å². The second kappa shape index (κ2) is 9.50. The van der Waals surface area contributed by atoms with Crippen LogP contribution in [0.2, 0.25) is 0 Å². The summed E-state index contributed by atoms with van der Waals surface area (Å²) in [7, 11) is 0. The van der Waals surface area contributed by atoms with Crippen molar-refractivity contribution in [1.82, 2.24) is 34.0 Å². The van der Waals surface area contributed by atoms with Gasteiger partial charge in [-0.05, 0) is 51.0 Å². The van der Waals surface area contributed by atoms with E-state index in [-0.39, 0.29) is 11.9 Å². The molecule has 1 aliphatic rings. The molecule has 3 aromatic heterocycles. The van der Waals surface area contributed by atoms with Crippen LogP contribution in [0.15, 0.2) is 49.3 Å². The number of hydrogen-bond acceptors (Lipinski definition) is 7. The number of anilines is 3. The molecule has 0 bridgehead atoms. The average molecular weight is 460 g/mol. The first-order chi connectivity index (χ1) is 16.6. The number of imidazole rings is 2. The van der Waals surface area contributed by atoms with Crippen LogP contribution in [0.1, 0.15) is 39.2 Å². The van der Waals surface area contributed by atoms with E-state index >= 15 is 0 Å². The van der Waals surface area contributed by atoms with Crippen molar-refractivity contribution < 1.29 is 4.79 Å². The molecule has 2 N–H and O–H groups in total. The smallest absolute Gasteiger partial charge is 0.231 e. The Labute approximate surface area is 198 Å². The zero-order chi connectivity index (χ0) is 23.5. The number of amides is 1. The summed E-state index contributed by atoms with van der Waals surface area (Å²) in [5, 5.41) is 6.74. The summed E-state index contributed by atoms with van der Waals surface area (Å²) in [6.07, 6.45) is 9.72. The van der Waals surface area contributed by atoms with Crippen LogP contribution in [0.4, 0.5) is 17.5 Å². The summed E-state index contributed by atoms with van der Waals surface area (Å²) < 4.78 is 3.99. The quantitative estimate of drug-likeness (QED) is 0.367. The van der Waals surface area contributed by atoms with Gasteiger partial charge in [0.2, 0.25) is 11.9 Å². The van der Waals surface area contributed by atoms with Crippen molar-refractivity contribution in [3.63, 3.8) is 0 Å². The maximum absolute atomic E-state index is 11.8. The van der Waals surface area contributed by atoms with Gasteiger partial charge in [-0.2, -0.15) is 9.97 Å². The molecule has 0 radical (unpaired) electrons. The predicted octanol–water partition coefficient (Wildman–Crippen LogP) is 3.76. The van der Waals surface area contributed by atoms with Gasteiger partial charge < -0.3 is 24.7 Å². The lowest BCUT2D eigenvalue weighted by molar-refractivity contribution is -0.127. The summed E-state index contributed by atoms with van der Waals surface area (Å²) >= 11 is 0. The van der Waals surface area contributed by atoms with E-state index in [1.165, 1.54) is 0 Å². The molecular weight excluding hydrogens is 430 g/mol. The van der Waals surface area contributed by atoms with Gasteiger partial charge in [0.15, 0.2) is 17.0 Å². The van der Waals surface area contributed by atoms with Crippen LogP contribution in [0.5, 0.6) is 0 Å². The molecule has 1 aliphatic heterocycles. The minimum atomic E-state index is 0.219. The van der Waals surface area contributed by atoms with E-state index in [1.807, 2.05) is 50.8 Å². The highest BCUT2D eigenvalue weighted by Gasteiger charge is 2.19. The van der Waals surface area contributed by atoms with E-state index in [0.29, 0.717) is 24.7 Å². The van der Waals surface area contributed by atoms with Crippen molar-refractivity contribution in [2.24, 2.45) is 0 Å². The highest BCUT2D eigenvalue weighted by molar-refractivity contribution is 5.85. The molecule has 0 aliphatic carbocycles. The molecule has 0 unspecified atom stereocenters. The molecular formula is C24H29N9O. The number of rotatable bonds is 9. The average Bonchev–Trinajstić information content (AvgIpc) is 3.58. The van der Waals surface area contributed by atoms with Gasteiger partial charge >= 0.3 is 0 Å². The number of carbonyl (C=O) groups is 1. The lowest BCUT2D eigenvalue weighted by Crippen LogP contribution is -2.27. The number of nitrogens with one attached hydrogen (secondary N) is 2. The fraction of sp³-hybridized carbons (Fsp3) is 0.375. The largest absolute Gasteiger partial charge is 0.368 e. The van der Waals surface area contributed by atoms with Crippen LogP contribution in [0.3, 0.4) is 0 Å². The van der Waals surface area contributed by atoms with Gasteiger partial charge in [0, 0.05) is 55.9 Å². The predicted molar refractivity (Wildman–Crippen MR) is 131 cm³/mol. The molecule has 1 fully saturated rings. The summed E-state index contributed by atoms with van der Waals surface area (Å²) in [4.78, 5) is 31.9. The third kappa shape index (κ3) is 4.57. The monoisotopic (exact) mass is 459 g/mol. The van der Waals surface area contributed by atoms with Crippen LogP contribution in [0, 0.1) is 0 Å². The Bertz CT molecular complexity index is 1260.